The fraction of sp³-hybridized carbons (Fsp3) is 0.846. The maximum absolute atomic E-state index is 5.95. The predicted molar refractivity (Wildman–Crippen MR) is 62.1 cm³/mol. The van der Waals surface area contributed by atoms with Crippen LogP contribution in [0.5, 0.6) is 0 Å². The van der Waals surface area contributed by atoms with Gasteiger partial charge in [0.25, 0.3) is 0 Å². The molecule has 4 unspecified atom stereocenters. The van der Waals surface area contributed by atoms with Gasteiger partial charge in [0.2, 0.25) is 0 Å². The van der Waals surface area contributed by atoms with Crippen molar-refractivity contribution in [1.82, 2.24) is 5.32 Å². The van der Waals surface area contributed by atoms with E-state index in [0.29, 0.717) is 24.2 Å². The smallest absolute Gasteiger partial charge is 0.0876 e. The lowest BCUT2D eigenvalue weighted by Gasteiger charge is -2.31. The molecular weight excluding hydrogens is 202 g/mol. The van der Waals surface area contributed by atoms with Crippen LogP contribution in [0.2, 0.25) is 0 Å². The summed E-state index contributed by atoms with van der Waals surface area (Å²) < 4.78 is 11.4. The van der Waals surface area contributed by atoms with Crippen molar-refractivity contribution in [2.45, 2.75) is 50.4 Å². The van der Waals surface area contributed by atoms with Crippen LogP contribution in [0, 0.1) is 5.92 Å². The summed E-state index contributed by atoms with van der Waals surface area (Å²) in [5.41, 5.74) is 1.44. The van der Waals surface area contributed by atoms with E-state index < -0.39 is 0 Å². The Labute approximate surface area is 97.2 Å². The van der Waals surface area contributed by atoms with Crippen molar-refractivity contribution >= 4 is 0 Å². The third-order valence-electron chi connectivity index (χ3n) is 4.25. The van der Waals surface area contributed by atoms with E-state index in [1.54, 1.807) is 0 Å². The van der Waals surface area contributed by atoms with Gasteiger partial charge in [0.1, 0.15) is 0 Å². The van der Waals surface area contributed by atoms with Gasteiger partial charge in [0.15, 0.2) is 0 Å². The number of fused-ring (bicyclic) bond motifs is 2. The van der Waals surface area contributed by atoms with Crippen LogP contribution in [-0.4, -0.2) is 31.9 Å². The van der Waals surface area contributed by atoms with Crippen LogP contribution in [0.25, 0.3) is 0 Å². The minimum atomic E-state index is 0.468. The Morgan fingerprint density at radius 2 is 2.38 bits per heavy atom. The molecule has 0 radical (unpaired) electrons. The summed E-state index contributed by atoms with van der Waals surface area (Å²) in [6, 6.07) is 0.468. The van der Waals surface area contributed by atoms with Gasteiger partial charge in [0, 0.05) is 12.0 Å². The normalized spacial score (nSPS) is 39.3. The second kappa shape index (κ2) is 4.38. The van der Waals surface area contributed by atoms with E-state index in [-0.39, 0.29) is 0 Å². The van der Waals surface area contributed by atoms with Crippen molar-refractivity contribution in [1.29, 1.82) is 0 Å². The molecule has 0 aliphatic carbocycles. The molecule has 1 N–H and O–H groups in total. The van der Waals surface area contributed by atoms with Crippen molar-refractivity contribution in [3.05, 3.63) is 11.8 Å². The Hall–Kier alpha value is -0.540. The van der Waals surface area contributed by atoms with E-state index in [1.165, 1.54) is 31.3 Å². The molecule has 3 aliphatic heterocycles. The lowest BCUT2D eigenvalue weighted by molar-refractivity contribution is 0.0875. The average molecular weight is 223 g/mol. The van der Waals surface area contributed by atoms with Crippen LogP contribution >= 0.6 is 0 Å². The first-order valence-corrected chi connectivity index (χ1v) is 6.52. The Kier molecular flexibility index (Phi) is 2.90. The Balaban J connectivity index is 1.73. The molecule has 0 aromatic carbocycles. The Bertz CT molecular complexity index is 290. The zero-order valence-electron chi connectivity index (χ0n) is 9.95. The molecule has 0 aromatic heterocycles. The zero-order chi connectivity index (χ0) is 11.0. The van der Waals surface area contributed by atoms with Crippen LogP contribution in [0.15, 0.2) is 11.8 Å². The fourth-order valence-electron chi connectivity index (χ4n) is 3.52. The zero-order valence-corrected chi connectivity index (χ0v) is 9.95. The molecule has 0 aromatic rings. The summed E-state index contributed by atoms with van der Waals surface area (Å²) in [6.07, 6.45) is 9.10. The first-order valence-electron chi connectivity index (χ1n) is 6.52. The maximum atomic E-state index is 5.95. The molecule has 0 spiro atoms. The molecule has 3 rings (SSSR count). The number of rotatable bonds is 3. The van der Waals surface area contributed by atoms with Gasteiger partial charge in [-0.1, -0.05) is 0 Å². The standard InChI is InChI=1S/C13H21NO2/c1-14-13(9-3-2-6-15-8-9)11-7-10-4-5-12(11)16-10/h8,10-14H,2-7H2,1H3. The summed E-state index contributed by atoms with van der Waals surface area (Å²) in [5.74, 6) is 0.664. The molecule has 16 heavy (non-hydrogen) atoms. The minimum absolute atomic E-state index is 0.468. The first-order chi connectivity index (χ1) is 7.88. The molecule has 2 saturated heterocycles. The van der Waals surface area contributed by atoms with Gasteiger partial charge in [-0.3, -0.25) is 0 Å². The lowest BCUT2D eigenvalue weighted by atomic mass is 9.80. The Morgan fingerprint density at radius 3 is 2.94 bits per heavy atom. The van der Waals surface area contributed by atoms with Crippen LogP contribution in [-0.2, 0) is 9.47 Å². The summed E-state index contributed by atoms with van der Waals surface area (Å²) >= 11 is 0. The highest BCUT2D eigenvalue weighted by atomic mass is 16.5. The highest BCUT2D eigenvalue weighted by Crippen LogP contribution is 2.42. The van der Waals surface area contributed by atoms with Gasteiger partial charge < -0.3 is 14.8 Å². The quantitative estimate of drug-likeness (QED) is 0.792. The van der Waals surface area contributed by atoms with Crippen LogP contribution < -0.4 is 5.32 Å². The van der Waals surface area contributed by atoms with Gasteiger partial charge in [-0.2, -0.15) is 0 Å². The lowest BCUT2D eigenvalue weighted by Crippen LogP contribution is -2.40. The van der Waals surface area contributed by atoms with Crippen molar-refractivity contribution in [2.75, 3.05) is 13.7 Å². The fourth-order valence-corrected chi connectivity index (χ4v) is 3.52. The summed E-state index contributed by atoms with van der Waals surface area (Å²) in [4.78, 5) is 0. The molecule has 4 atom stereocenters. The highest BCUT2D eigenvalue weighted by molar-refractivity contribution is 5.14. The predicted octanol–water partition coefficient (Wildman–Crippen LogP) is 1.84. The first kappa shape index (κ1) is 10.6. The van der Waals surface area contributed by atoms with Gasteiger partial charge >= 0.3 is 0 Å². The van der Waals surface area contributed by atoms with Gasteiger partial charge in [-0.25, -0.2) is 0 Å². The monoisotopic (exact) mass is 223 g/mol. The van der Waals surface area contributed by atoms with Crippen LogP contribution in [0.3, 0.4) is 0 Å². The summed E-state index contributed by atoms with van der Waals surface area (Å²) in [6.45, 7) is 0.882. The maximum Gasteiger partial charge on any atom is 0.0876 e. The molecule has 3 nitrogen and oxygen atoms in total. The van der Waals surface area contributed by atoms with Gasteiger partial charge in [-0.05, 0) is 44.7 Å². The van der Waals surface area contributed by atoms with Crippen LogP contribution in [0.1, 0.15) is 32.1 Å². The molecule has 0 saturated carbocycles. The Morgan fingerprint density at radius 1 is 1.44 bits per heavy atom. The van der Waals surface area contributed by atoms with Gasteiger partial charge in [0.05, 0.1) is 25.1 Å². The van der Waals surface area contributed by atoms with Crippen molar-refractivity contribution in [3.63, 3.8) is 0 Å². The highest BCUT2D eigenvalue weighted by Gasteiger charge is 2.44. The number of hydrogen-bond acceptors (Lipinski definition) is 3. The molecule has 3 aliphatic rings. The molecule has 2 fully saturated rings. The van der Waals surface area contributed by atoms with Crippen LogP contribution in [0.4, 0.5) is 0 Å². The number of nitrogens with one attached hydrogen (secondary N) is 1. The van der Waals surface area contributed by atoms with Crippen molar-refractivity contribution in [3.8, 4) is 0 Å². The van der Waals surface area contributed by atoms with Crippen molar-refractivity contribution < 1.29 is 9.47 Å². The van der Waals surface area contributed by atoms with E-state index in [0.717, 1.165) is 13.0 Å². The van der Waals surface area contributed by atoms with E-state index >= 15 is 0 Å². The molecule has 3 heterocycles. The second-order valence-electron chi connectivity index (χ2n) is 5.21. The largest absolute Gasteiger partial charge is 0.501 e. The molecule has 3 heteroatoms. The van der Waals surface area contributed by atoms with E-state index in [2.05, 4.69) is 12.4 Å². The number of likely N-dealkylation sites (N-methyl/N-ethyl adjacent to an activating group) is 1. The van der Waals surface area contributed by atoms with E-state index in [4.69, 9.17) is 9.47 Å². The topological polar surface area (TPSA) is 30.5 Å². The summed E-state index contributed by atoms with van der Waals surface area (Å²) in [7, 11) is 2.06. The summed E-state index contributed by atoms with van der Waals surface area (Å²) in [5, 5.41) is 3.47. The number of ether oxygens (including phenoxy) is 2. The minimum Gasteiger partial charge on any atom is -0.501 e. The van der Waals surface area contributed by atoms with Crippen molar-refractivity contribution in [2.24, 2.45) is 5.92 Å². The third-order valence-corrected chi connectivity index (χ3v) is 4.25. The molecule has 90 valence electrons. The van der Waals surface area contributed by atoms with E-state index in [1.807, 2.05) is 6.26 Å². The molecule has 2 bridgehead atoms. The van der Waals surface area contributed by atoms with E-state index in [9.17, 15) is 0 Å². The average Bonchev–Trinajstić information content (AvgIpc) is 2.94. The third kappa shape index (κ3) is 1.76. The second-order valence-corrected chi connectivity index (χ2v) is 5.21. The van der Waals surface area contributed by atoms with Gasteiger partial charge in [-0.15, -0.1) is 0 Å². The SMILES string of the molecule is CNC(C1=COCCC1)C1CC2CCC1O2. The molecular formula is C13H21NO2. The molecule has 0 amide bonds. The number of hydrogen-bond donors (Lipinski definition) is 1.